The molecule has 1 N–H and O–H groups in total. The maximum atomic E-state index is 8.84. The van der Waals surface area contributed by atoms with Crippen LogP contribution in [-0.2, 0) is 6.42 Å². The molecule has 0 radical (unpaired) electrons. The fraction of sp³-hybridized carbons (Fsp3) is 0.500. The molecule has 2 nitrogen and oxygen atoms in total. The maximum Gasteiger partial charge on any atom is 0.133 e. The van der Waals surface area contributed by atoms with Gasteiger partial charge in [0, 0.05) is 6.61 Å². The number of rotatable bonds is 4. The van der Waals surface area contributed by atoms with Crippen molar-refractivity contribution in [3.63, 3.8) is 0 Å². The second-order valence-electron chi connectivity index (χ2n) is 3.64. The Labute approximate surface area is 99.4 Å². The zero-order valence-electron chi connectivity index (χ0n) is 9.43. The molecule has 0 saturated carbocycles. The zero-order chi connectivity index (χ0) is 11.4. The molecule has 0 heterocycles. The molecule has 84 valence electrons. The van der Waals surface area contributed by atoms with Crippen LogP contribution in [-0.4, -0.2) is 18.8 Å². The minimum absolute atomic E-state index is 0.239. The summed E-state index contributed by atoms with van der Waals surface area (Å²) in [6.07, 6.45) is 1.72. The summed E-state index contributed by atoms with van der Waals surface area (Å²) in [5.74, 6) is 0.873. The van der Waals surface area contributed by atoms with E-state index in [1.165, 1.54) is 16.7 Å². The summed E-state index contributed by atoms with van der Waals surface area (Å²) < 4.78 is 6.29. The van der Waals surface area contributed by atoms with E-state index in [-0.39, 0.29) is 6.61 Å². The van der Waals surface area contributed by atoms with Gasteiger partial charge in [0.05, 0.1) is 11.6 Å². The van der Waals surface area contributed by atoms with Crippen LogP contribution in [0.25, 0.3) is 0 Å². The molecule has 0 unspecified atom stereocenters. The van der Waals surface area contributed by atoms with Gasteiger partial charge in [-0.25, -0.2) is 0 Å². The van der Waals surface area contributed by atoms with Crippen LogP contribution in [0.4, 0.5) is 0 Å². The lowest BCUT2D eigenvalue weighted by Gasteiger charge is -2.14. The normalized spacial score (nSPS) is 10.5. The summed E-state index contributed by atoms with van der Waals surface area (Å²) in [5, 5.41) is 8.84. The van der Waals surface area contributed by atoms with E-state index in [1.54, 1.807) is 7.11 Å². The van der Waals surface area contributed by atoms with Crippen LogP contribution in [0.2, 0.25) is 0 Å². The van der Waals surface area contributed by atoms with Gasteiger partial charge in [0.25, 0.3) is 0 Å². The topological polar surface area (TPSA) is 29.5 Å². The summed E-state index contributed by atoms with van der Waals surface area (Å²) >= 11 is 3.53. The zero-order valence-corrected chi connectivity index (χ0v) is 11.0. The monoisotopic (exact) mass is 272 g/mol. The molecule has 0 saturated heterocycles. The van der Waals surface area contributed by atoms with Crippen molar-refractivity contribution in [2.45, 2.75) is 26.7 Å². The molecule has 15 heavy (non-hydrogen) atoms. The lowest BCUT2D eigenvalue weighted by molar-refractivity contribution is 0.288. The predicted octanol–water partition coefficient (Wildman–Crippen LogP) is 3.00. The highest BCUT2D eigenvalue weighted by molar-refractivity contribution is 9.10. The predicted molar refractivity (Wildman–Crippen MR) is 65.6 cm³/mol. The average Bonchev–Trinajstić information content (AvgIpc) is 2.23. The fourth-order valence-corrected chi connectivity index (χ4v) is 2.26. The van der Waals surface area contributed by atoms with Gasteiger partial charge >= 0.3 is 0 Å². The summed E-state index contributed by atoms with van der Waals surface area (Å²) in [5.41, 5.74) is 3.73. The summed E-state index contributed by atoms with van der Waals surface area (Å²) in [6.45, 7) is 4.39. The van der Waals surface area contributed by atoms with Gasteiger partial charge in [0.15, 0.2) is 0 Å². The number of hydrogen-bond donors (Lipinski definition) is 1. The van der Waals surface area contributed by atoms with Gasteiger partial charge in [-0.2, -0.15) is 0 Å². The Morgan fingerprint density at radius 2 is 2.07 bits per heavy atom. The van der Waals surface area contributed by atoms with E-state index in [0.29, 0.717) is 0 Å². The molecule has 0 atom stereocenters. The van der Waals surface area contributed by atoms with Gasteiger partial charge in [-0.1, -0.05) is 0 Å². The van der Waals surface area contributed by atoms with Crippen molar-refractivity contribution in [2.75, 3.05) is 13.7 Å². The standard InChI is InChI=1S/C12H17BrO2/c1-8-7-11(15-3)12(13)9(2)10(8)5-4-6-14/h7,14H,4-6H2,1-3H3. The fourth-order valence-electron chi connectivity index (χ4n) is 1.75. The van der Waals surface area contributed by atoms with Crippen LogP contribution in [0.3, 0.4) is 0 Å². The number of halogens is 1. The van der Waals surface area contributed by atoms with Crippen molar-refractivity contribution in [1.82, 2.24) is 0 Å². The van der Waals surface area contributed by atoms with E-state index < -0.39 is 0 Å². The third-order valence-electron chi connectivity index (χ3n) is 2.63. The number of aliphatic hydroxyl groups excluding tert-OH is 1. The molecule has 0 aliphatic carbocycles. The Morgan fingerprint density at radius 3 is 2.60 bits per heavy atom. The summed E-state index contributed by atoms with van der Waals surface area (Å²) in [7, 11) is 1.67. The van der Waals surface area contributed by atoms with Crippen LogP contribution in [0.5, 0.6) is 5.75 Å². The highest BCUT2D eigenvalue weighted by Crippen LogP contribution is 2.33. The second-order valence-corrected chi connectivity index (χ2v) is 4.43. The van der Waals surface area contributed by atoms with E-state index in [4.69, 9.17) is 9.84 Å². The Hall–Kier alpha value is -0.540. The molecule has 1 aromatic rings. The Bertz CT molecular complexity index is 348. The number of benzene rings is 1. The Morgan fingerprint density at radius 1 is 1.40 bits per heavy atom. The third-order valence-corrected chi connectivity index (χ3v) is 3.61. The highest BCUT2D eigenvalue weighted by atomic mass is 79.9. The first-order valence-electron chi connectivity index (χ1n) is 5.05. The molecule has 0 aromatic heterocycles. The summed E-state index contributed by atoms with van der Waals surface area (Å²) in [6, 6.07) is 2.03. The van der Waals surface area contributed by atoms with Gasteiger partial charge in [-0.15, -0.1) is 0 Å². The lowest BCUT2D eigenvalue weighted by Crippen LogP contribution is -1.99. The van der Waals surface area contributed by atoms with Gasteiger partial charge in [0.1, 0.15) is 5.75 Å². The molecule has 0 amide bonds. The highest BCUT2D eigenvalue weighted by Gasteiger charge is 2.11. The molecular weight excluding hydrogens is 256 g/mol. The first-order chi connectivity index (χ1) is 7.11. The number of hydrogen-bond acceptors (Lipinski definition) is 2. The van der Waals surface area contributed by atoms with Crippen molar-refractivity contribution < 1.29 is 9.84 Å². The average molecular weight is 273 g/mol. The van der Waals surface area contributed by atoms with Crippen LogP contribution in [0, 0.1) is 13.8 Å². The smallest absolute Gasteiger partial charge is 0.133 e. The number of aryl methyl sites for hydroxylation is 1. The van der Waals surface area contributed by atoms with E-state index >= 15 is 0 Å². The third kappa shape index (κ3) is 2.73. The molecule has 0 fully saturated rings. The number of methoxy groups -OCH3 is 1. The molecule has 0 spiro atoms. The van der Waals surface area contributed by atoms with E-state index in [0.717, 1.165) is 23.1 Å². The molecule has 1 aromatic carbocycles. The number of aliphatic hydroxyl groups is 1. The lowest BCUT2D eigenvalue weighted by atomic mass is 9.98. The minimum Gasteiger partial charge on any atom is -0.496 e. The van der Waals surface area contributed by atoms with E-state index in [9.17, 15) is 0 Å². The Balaban J connectivity index is 3.11. The quantitative estimate of drug-likeness (QED) is 0.913. The molecular formula is C12H17BrO2. The van der Waals surface area contributed by atoms with Gasteiger partial charge in [-0.3, -0.25) is 0 Å². The summed E-state index contributed by atoms with van der Waals surface area (Å²) in [4.78, 5) is 0. The van der Waals surface area contributed by atoms with Gasteiger partial charge < -0.3 is 9.84 Å². The molecule has 0 bridgehead atoms. The van der Waals surface area contributed by atoms with Crippen LogP contribution in [0.15, 0.2) is 10.5 Å². The maximum absolute atomic E-state index is 8.84. The first-order valence-corrected chi connectivity index (χ1v) is 5.84. The molecule has 0 aliphatic heterocycles. The van der Waals surface area contributed by atoms with Crippen molar-refractivity contribution in [3.05, 3.63) is 27.2 Å². The molecule has 1 rings (SSSR count). The Kier molecular flexibility index (Phi) is 4.61. The number of ether oxygens (including phenoxy) is 1. The minimum atomic E-state index is 0.239. The van der Waals surface area contributed by atoms with Crippen molar-refractivity contribution in [2.24, 2.45) is 0 Å². The largest absolute Gasteiger partial charge is 0.496 e. The van der Waals surface area contributed by atoms with Gasteiger partial charge in [-0.05, 0) is 65.4 Å². The van der Waals surface area contributed by atoms with Gasteiger partial charge in [0.2, 0.25) is 0 Å². The second kappa shape index (κ2) is 5.52. The molecule has 0 aliphatic rings. The van der Waals surface area contributed by atoms with Crippen molar-refractivity contribution >= 4 is 15.9 Å². The van der Waals surface area contributed by atoms with E-state index in [1.807, 2.05) is 6.07 Å². The van der Waals surface area contributed by atoms with Crippen LogP contribution >= 0.6 is 15.9 Å². The van der Waals surface area contributed by atoms with Crippen molar-refractivity contribution in [1.29, 1.82) is 0 Å². The molecule has 3 heteroatoms. The van der Waals surface area contributed by atoms with Crippen molar-refractivity contribution in [3.8, 4) is 5.75 Å². The van der Waals surface area contributed by atoms with Crippen LogP contribution in [0.1, 0.15) is 23.1 Å². The van der Waals surface area contributed by atoms with Crippen LogP contribution < -0.4 is 4.74 Å². The SMILES string of the molecule is COc1cc(C)c(CCCO)c(C)c1Br. The van der Waals surface area contributed by atoms with E-state index in [2.05, 4.69) is 29.8 Å². The first kappa shape index (κ1) is 12.5.